The highest BCUT2D eigenvalue weighted by Crippen LogP contribution is 2.23. The summed E-state index contributed by atoms with van der Waals surface area (Å²) in [4.78, 5) is 23.5. The van der Waals surface area contributed by atoms with Crippen molar-refractivity contribution in [2.75, 3.05) is 25.0 Å². The Balaban J connectivity index is 1.64. The predicted octanol–water partition coefficient (Wildman–Crippen LogP) is 1.85. The third kappa shape index (κ3) is 4.36. The fourth-order valence-electron chi connectivity index (χ4n) is 3.47. The number of furan rings is 1. The van der Waals surface area contributed by atoms with Crippen molar-refractivity contribution in [2.24, 2.45) is 0 Å². The van der Waals surface area contributed by atoms with Crippen LogP contribution in [-0.4, -0.2) is 61.4 Å². The molecule has 9 nitrogen and oxygen atoms in total. The van der Waals surface area contributed by atoms with E-state index in [4.69, 9.17) is 4.42 Å². The van der Waals surface area contributed by atoms with Gasteiger partial charge in [-0.3, -0.25) is 9.69 Å². The van der Waals surface area contributed by atoms with Crippen LogP contribution < -0.4 is 5.32 Å². The van der Waals surface area contributed by atoms with Gasteiger partial charge in [0.2, 0.25) is 5.91 Å². The third-order valence-electron chi connectivity index (χ3n) is 4.78. The van der Waals surface area contributed by atoms with Gasteiger partial charge in [0.05, 0.1) is 18.3 Å². The Hall–Kier alpha value is -3.04. The van der Waals surface area contributed by atoms with Gasteiger partial charge in [0.1, 0.15) is 11.6 Å². The van der Waals surface area contributed by atoms with Gasteiger partial charge in [-0.05, 0) is 45.4 Å². The number of nitrogens with zero attached hydrogens (tertiary/aromatic N) is 5. The maximum absolute atomic E-state index is 12.5. The maximum Gasteiger partial charge on any atom is 0.239 e. The van der Waals surface area contributed by atoms with Crippen LogP contribution in [0.2, 0.25) is 0 Å². The average Bonchev–Trinajstić information content (AvgIpc) is 3.35. The normalized spacial score (nSPS) is 17.0. The molecule has 9 heteroatoms. The summed E-state index contributed by atoms with van der Waals surface area (Å²) in [5.41, 5.74) is 1.79. The first kappa shape index (κ1) is 19.3. The minimum Gasteiger partial charge on any atom is -0.458 e. The Kier molecular flexibility index (Phi) is 5.16. The van der Waals surface area contributed by atoms with Crippen LogP contribution in [0.1, 0.15) is 23.6 Å². The number of aryl methyl sites for hydroxylation is 3. The van der Waals surface area contributed by atoms with Crippen molar-refractivity contribution < 1.29 is 14.3 Å². The summed E-state index contributed by atoms with van der Waals surface area (Å²) in [6.45, 7) is 7.11. The SMILES string of the molecule is Cc1cc(C)n(-c2cc(NC(=O)CN3CCC(O)C3)nc(-c3ccc(C)o3)n2)n1. The number of nitrogens with one attached hydrogen (secondary N) is 1. The number of aliphatic hydroxyl groups is 1. The lowest BCUT2D eigenvalue weighted by atomic mass is 10.3. The van der Waals surface area contributed by atoms with Gasteiger partial charge in [0, 0.05) is 24.8 Å². The molecule has 0 saturated carbocycles. The number of aliphatic hydroxyl groups excluding tert-OH is 1. The molecule has 152 valence electrons. The van der Waals surface area contributed by atoms with Gasteiger partial charge in [-0.2, -0.15) is 5.10 Å². The van der Waals surface area contributed by atoms with Crippen LogP contribution in [-0.2, 0) is 4.79 Å². The first-order valence-corrected chi connectivity index (χ1v) is 9.57. The molecule has 1 atom stereocenters. The van der Waals surface area contributed by atoms with E-state index in [-0.39, 0.29) is 18.6 Å². The molecular weight excluding hydrogens is 372 g/mol. The van der Waals surface area contributed by atoms with Crippen molar-refractivity contribution in [3.63, 3.8) is 0 Å². The quantitative estimate of drug-likeness (QED) is 0.677. The molecule has 3 aromatic heterocycles. The van der Waals surface area contributed by atoms with Crippen LogP contribution in [0.5, 0.6) is 0 Å². The molecule has 0 spiro atoms. The number of amides is 1. The highest BCUT2D eigenvalue weighted by Gasteiger charge is 2.22. The number of hydrogen-bond donors (Lipinski definition) is 2. The Bertz CT molecular complexity index is 1040. The molecule has 2 N–H and O–H groups in total. The lowest BCUT2D eigenvalue weighted by Crippen LogP contribution is -2.32. The van der Waals surface area contributed by atoms with Crippen molar-refractivity contribution in [3.05, 3.63) is 41.4 Å². The fraction of sp³-hybridized carbons (Fsp3) is 0.400. The number of likely N-dealkylation sites (tertiary alicyclic amines) is 1. The molecule has 0 aromatic carbocycles. The number of β-amino-alcohol motifs (C(OH)–C–C–N with tert-alkyl or cyclic N) is 1. The molecule has 29 heavy (non-hydrogen) atoms. The smallest absolute Gasteiger partial charge is 0.239 e. The number of rotatable bonds is 5. The van der Waals surface area contributed by atoms with E-state index >= 15 is 0 Å². The second kappa shape index (κ2) is 7.76. The average molecular weight is 396 g/mol. The Morgan fingerprint density at radius 3 is 2.72 bits per heavy atom. The number of hydrogen-bond acceptors (Lipinski definition) is 7. The second-order valence-corrected chi connectivity index (χ2v) is 7.41. The number of carbonyl (C=O) groups excluding carboxylic acids is 1. The molecule has 4 rings (SSSR count). The van der Waals surface area contributed by atoms with E-state index < -0.39 is 0 Å². The van der Waals surface area contributed by atoms with Crippen molar-refractivity contribution >= 4 is 11.7 Å². The minimum atomic E-state index is -0.367. The summed E-state index contributed by atoms with van der Waals surface area (Å²) in [6, 6.07) is 7.28. The summed E-state index contributed by atoms with van der Waals surface area (Å²) in [7, 11) is 0. The topological polar surface area (TPSA) is 109 Å². The van der Waals surface area contributed by atoms with Crippen LogP contribution >= 0.6 is 0 Å². The summed E-state index contributed by atoms with van der Waals surface area (Å²) in [5, 5.41) is 17.0. The number of aromatic nitrogens is 4. The van der Waals surface area contributed by atoms with Gasteiger partial charge in [-0.25, -0.2) is 14.6 Å². The van der Waals surface area contributed by atoms with Crippen molar-refractivity contribution in [1.29, 1.82) is 0 Å². The van der Waals surface area contributed by atoms with Gasteiger partial charge in [-0.15, -0.1) is 0 Å². The van der Waals surface area contributed by atoms with Crippen LogP contribution in [0.25, 0.3) is 17.4 Å². The number of carbonyl (C=O) groups is 1. The van der Waals surface area contributed by atoms with Crippen molar-refractivity contribution in [1.82, 2.24) is 24.6 Å². The molecule has 1 amide bonds. The Labute approximate surface area is 168 Å². The zero-order chi connectivity index (χ0) is 20.5. The summed E-state index contributed by atoms with van der Waals surface area (Å²) >= 11 is 0. The van der Waals surface area contributed by atoms with E-state index in [1.807, 2.05) is 37.8 Å². The highest BCUT2D eigenvalue weighted by atomic mass is 16.3. The summed E-state index contributed by atoms with van der Waals surface area (Å²) in [5.74, 6) is 2.36. The largest absolute Gasteiger partial charge is 0.458 e. The fourth-order valence-corrected chi connectivity index (χ4v) is 3.47. The molecule has 3 aromatic rings. The molecule has 1 aliphatic heterocycles. The van der Waals surface area contributed by atoms with Gasteiger partial charge < -0.3 is 14.8 Å². The van der Waals surface area contributed by atoms with Gasteiger partial charge >= 0.3 is 0 Å². The van der Waals surface area contributed by atoms with Crippen LogP contribution in [0.3, 0.4) is 0 Å². The lowest BCUT2D eigenvalue weighted by Gasteiger charge is -2.15. The predicted molar refractivity (Wildman–Crippen MR) is 107 cm³/mol. The monoisotopic (exact) mass is 396 g/mol. The minimum absolute atomic E-state index is 0.196. The van der Waals surface area contributed by atoms with Crippen LogP contribution in [0.4, 0.5) is 5.82 Å². The van der Waals surface area contributed by atoms with Crippen LogP contribution in [0, 0.1) is 20.8 Å². The van der Waals surface area contributed by atoms with Crippen molar-refractivity contribution in [2.45, 2.75) is 33.3 Å². The molecule has 1 saturated heterocycles. The lowest BCUT2D eigenvalue weighted by molar-refractivity contribution is -0.117. The summed E-state index contributed by atoms with van der Waals surface area (Å²) < 4.78 is 7.38. The van der Waals surface area contributed by atoms with E-state index in [1.54, 1.807) is 16.8 Å². The van der Waals surface area contributed by atoms with Gasteiger partial charge in [0.15, 0.2) is 17.4 Å². The zero-order valence-electron chi connectivity index (χ0n) is 16.7. The Morgan fingerprint density at radius 1 is 1.28 bits per heavy atom. The van der Waals surface area contributed by atoms with E-state index in [2.05, 4.69) is 20.4 Å². The maximum atomic E-state index is 12.5. The molecule has 1 unspecified atom stereocenters. The molecule has 0 bridgehead atoms. The third-order valence-corrected chi connectivity index (χ3v) is 4.78. The van der Waals surface area contributed by atoms with Crippen LogP contribution in [0.15, 0.2) is 28.7 Å². The standard InChI is InChI=1S/C20H24N6O3/c1-12-8-13(2)26(24-12)18-9-17(21-19(28)11-25-7-6-15(27)10-25)22-20(23-18)16-5-4-14(3)29-16/h4-5,8-9,15,27H,6-7,10-11H2,1-3H3,(H,21,22,23,28). The molecule has 0 aliphatic carbocycles. The molecule has 4 heterocycles. The molecule has 1 aliphatic rings. The second-order valence-electron chi connectivity index (χ2n) is 7.41. The first-order chi connectivity index (χ1) is 13.9. The first-order valence-electron chi connectivity index (χ1n) is 9.57. The Morgan fingerprint density at radius 2 is 2.10 bits per heavy atom. The van der Waals surface area contributed by atoms with Gasteiger partial charge in [0.25, 0.3) is 0 Å². The highest BCUT2D eigenvalue weighted by molar-refractivity contribution is 5.91. The van der Waals surface area contributed by atoms with E-state index in [9.17, 15) is 9.90 Å². The van der Waals surface area contributed by atoms with E-state index in [0.717, 1.165) is 17.1 Å². The summed E-state index contributed by atoms with van der Waals surface area (Å²) in [6.07, 6.45) is 0.318. The van der Waals surface area contributed by atoms with Crippen molar-refractivity contribution in [3.8, 4) is 17.4 Å². The molecule has 0 radical (unpaired) electrons. The van der Waals surface area contributed by atoms with E-state index in [1.165, 1.54) is 0 Å². The molecular formula is C20H24N6O3. The molecule has 1 fully saturated rings. The number of anilines is 1. The van der Waals surface area contributed by atoms with E-state index in [0.29, 0.717) is 42.7 Å². The van der Waals surface area contributed by atoms with Gasteiger partial charge in [-0.1, -0.05) is 0 Å². The zero-order valence-corrected chi connectivity index (χ0v) is 16.7.